The van der Waals surface area contributed by atoms with E-state index in [9.17, 15) is 4.79 Å². The van der Waals surface area contributed by atoms with E-state index in [2.05, 4.69) is 10.6 Å². The fourth-order valence-electron chi connectivity index (χ4n) is 2.09. The van der Waals surface area contributed by atoms with Gasteiger partial charge < -0.3 is 10.6 Å². The third-order valence-corrected chi connectivity index (χ3v) is 3.85. The van der Waals surface area contributed by atoms with Crippen molar-refractivity contribution in [3.63, 3.8) is 0 Å². The third-order valence-electron chi connectivity index (χ3n) is 3.51. The molecular weight excluding hydrogens is 283 g/mol. The number of halogens is 2. The topological polar surface area (TPSA) is 41.1 Å². The van der Waals surface area contributed by atoms with Gasteiger partial charge >= 0.3 is 0 Å². The van der Waals surface area contributed by atoms with Gasteiger partial charge in [0.25, 0.3) is 0 Å². The molecule has 0 radical (unpaired) electrons. The first kappa shape index (κ1) is 16.3. The Kier molecular flexibility index (Phi) is 6.11. The maximum absolute atomic E-state index is 11.9. The van der Waals surface area contributed by atoms with Crippen LogP contribution in [-0.2, 0) is 4.79 Å². The first-order valence-electron chi connectivity index (χ1n) is 6.33. The summed E-state index contributed by atoms with van der Waals surface area (Å²) in [6.45, 7) is 2.71. The number of nitrogens with one attached hydrogen (secondary N) is 2. The second-order valence-electron chi connectivity index (χ2n) is 4.91. The molecule has 2 N–H and O–H groups in total. The molecule has 3 atom stereocenters. The Morgan fingerprint density at radius 1 is 1.47 bits per heavy atom. The van der Waals surface area contributed by atoms with Crippen LogP contribution >= 0.6 is 24.0 Å². The van der Waals surface area contributed by atoms with Crippen LogP contribution < -0.4 is 10.6 Å². The molecule has 1 saturated carbocycles. The van der Waals surface area contributed by atoms with Crippen LogP contribution in [0.15, 0.2) is 24.3 Å². The molecule has 1 aliphatic rings. The van der Waals surface area contributed by atoms with Crippen LogP contribution in [0.5, 0.6) is 0 Å². The molecule has 0 aromatic heterocycles. The monoisotopic (exact) mass is 302 g/mol. The van der Waals surface area contributed by atoms with Crippen molar-refractivity contribution >= 4 is 29.9 Å². The minimum atomic E-state index is 0. The Bertz CT molecular complexity index is 439. The maximum atomic E-state index is 11.9. The lowest BCUT2D eigenvalue weighted by Gasteiger charge is -2.11. The second-order valence-corrected chi connectivity index (χ2v) is 5.31. The highest BCUT2D eigenvalue weighted by atomic mass is 35.5. The lowest BCUT2D eigenvalue weighted by Crippen LogP contribution is -2.37. The first-order chi connectivity index (χ1) is 8.63. The van der Waals surface area contributed by atoms with Crippen molar-refractivity contribution < 1.29 is 4.79 Å². The molecule has 106 valence electrons. The van der Waals surface area contributed by atoms with E-state index in [0.29, 0.717) is 18.5 Å². The fraction of sp³-hybridized carbons (Fsp3) is 0.500. The summed E-state index contributed by atoms with van der Waals surface area (Å²) in [4.78, 5) is 11.9. The van der Waals surface area contributed by atoms with Gasteiger partial charge in [-0.15, -0.1) is 12.4 Å². The van der Waals surface area contributed by atoms with Gasteiger partial charge in [-0.25, -0.2) is 0 Å². The number of carbonyl (C=O) groups excluding carboxylic acids is 1. The molecule has 0 heterocycles. The van der Waals surface area contributed by atoms with E-state index in [4.69, 9.17) is 11.6 Å². The minimum absolute atomic E-state index is 0. The highest BCUT2D eigenvalue weighted by molar-refractivity contribution is 6.31. The predicted molar refractivity (Wildman–Crippen MR) is 81.1 cm³/mol. The zero-order chi connectivity index (χ0) is 13.1. The molecule has 0 spiro atoms. The molecule has 0 saturated heterocycles. The molecule has 3 nitrogen and oxygen atoms in total. The molecule has 0 aliphatic heterocycles. The molecule has 1 aliphatic carbocycles. The number of carbonyl (C=O) groups is 1. The molecule has 1 fully saturated rings. The summed E-state index contributed by atoms with van der Waals surface area (Å²) in [5.41, 5.74) is 1.10. The van der Waals surface area contributed by atoms with Gasteiger partial charge in [0.05, 0.1) is 0 Å². The van der Waals surface area contributed by atoms with Crippen LogP contribution in [0.3, 0.4) is 0 Å². The van der Waals surface area contributed by atoms with Crippen molar-refractivity contribution in [1.82, 2.24) is 10.6 Å². The molecule has 3 unspecified atom stereocenters. The van der Waals surface area contributed by atoms with E-state index in [1.807, 2.05) is 38.2 Å². The quantitative estimate of drug-likeness (QED) is 0.878. The number of hydrogen-bond donors (Lipinski definition) is 2. The SMILES string of the molecule is CNC(C)CNC(=O)C1CC1c1ccccc1Cl.Cl. The molecule has 2 rings (SSSR count). The van der Waals surface area contributed by atoms with E-state index in [-0.39, 0.29) is 24.2 Å². The van der Waals surface area contributed by atoms with E-state index < -0.39 is 0 Å². The molecular formula is C14H20Cl2N2O. The Balaban J connectivity index is 0.00000180. The highest BCUT2D eigenvalue weighted by Gasteiger charge is 2.44. The molecule has 1 amide bonds. The Morgan fingerprint density at radius 2 is 2.16 bits per heavy atom. The van der Waals surface area contributed by atoms with Crippen LogP contribution in [0.25, 0.3) is 0 Å². The first-order valence-corrected chi connectivity index (χ1v) is 6.70. The van der Waals surface area contributed by atoms with Gasteiger partial charge in [0.1, 0.15) is 0 Å². The lowest BCUT2D eigenvalue weighted by molar-refractivity contribution is -0.122. The van der Waals surface area contributed by atoms with Gasteiger partial charge in [0, 0.05) is 23.5 Å². The Hall–Kier alpha value is -0.770. The smallest absolute Gasteiger partial charge is 0.223 e. The number of hydrogen-bond acceptors (Lipinski definition) is 2. The average molecular weight is 303 g/mol. The molecule has 1 aromatic carbocycles. The van der Waals surface area contributed by atoms with E-state index >= 15 is 0 Å². The van der Waals surface area contributed by atoms with E-state index in [1.165, 1.54) is 0 Å². The van der Waals surface area contributed by atoms with Crippen molar-refractivity contribution in [2.24, 2.45) is 5.92 Å². The van der Waals surface area contributed by atoms with Gasteiger partial charge in [-0.2, -0.15) is 0 Å². The van der Waals surface area contributed by atoms with Crippen molar-refractivity contribution in [2.75, 3.05) is 13.6 Å². The van der Waals surface area contributed by atoms with Crippen LogP contribution in [0.4, 0.5) is 0 Å². The zero-order valence-corrected chi connectivity index (χ0v) is 12.7. The summed E-state index contributed by atoms with van der Waals surface area (Å²) < 4.78 is 0. The van der Waals surface area contributed by atoms with E-state index in [0.717, 1.165) is 17.0 Å². The largest absolute Gasteiger partial charge is 0.354 e. The fourth-order valence-corrected chi connectivity index (χ4v) is 2.37. The summed E-state index contributed by atoms with van der Waals surface area (Å²) in [7, 11) is 1.89. The second kappa shape index (κ2) is 7.13. The van der Waals surface area contributed by atoms with Crippen molar-refractivity contribution in [3.8, 4) is 0 Å². The van der Waals surface area contributed by atoms with Crippen LogP contribution in [0.2, 0.25) is 5.02 Å². The number of benzene rings is 1. The minimum Gasteiger partial charge on any atom is -0.354 e. The summed E-state index contributed by atoms with van der Waals surface area (Å²) in [6.07, 6.45) is 0.906. The zero-order valence-electron chi connectivity index (χ0n) is 11.2. The summed E-state index contributed by atoms with van der Waals surface area (Å²) >= 11 is 6.14. The standard InChI is InChI=1S/C14H19ClN2O.ClH/c1-9(16-2)8-17-14(18)12-7-11(12)10-5-3-4-6-13(10)15;/h3-6,9,11-12,16H,7-8H2,1-2H3,(H,17,18);1H. The molecule has 0 bridgehead atoms. The Morgan fingerprint density at radius 3 is 2.79 bits per heavy atom. The highest BCUT2D eigenvalue weighted by Crippen LogP contribution is 2.49. The van der Waals surface area contributed by atoms with E-state index in [1.54, 1.807) is 0 Å². The van der Waals surface area contributed by atoms with Crippen molar-refractivity contribution in [3.05, 3.63) is 34.9 Å². The van der Waals surface area contributed by atoms with Gasteiger partial charge in [0.2, 0.25) is 5.91 Å². The number of likely N-dealkylation sites (N-methyl/N-ethyl adjacent to an activating group) is 1. The Labute approximate surface area is 125 Å². The number of rotatable bonds is 5. The van der Waals surface area contributed by atoms with Crippen LogP contribution in [-0.4, -0.2) is 25.5 Å². The maximum Gasteiger partial charge on any atom is 0.223 e. The predicted octanol–water partition coefficient (Wildman–Crippen LogP) is 2.59. The van der Waals surface area contributed by atoms with Gasteiger partial charge in [-0.1, -0.05) is 29.8 Å². The van der Waals surface area contributed by atoms with Crippen LogP contribution in [0.1, 0.15) is 24.8 Å². The molecule has 19 heavy (non-hydrogen) atoms. The summed E-state index contributed by atoms with van der Waals surface area (Å²) in [5, 5.41) is 6.83. The van der Waals surface area contributed by atoms with Gasteiger partial charge in [0.15, 0.2) is 0 Å². The molecule has 1 aromatic rings. The summed E-state index contributed by atoms with van der Waals surface area (Å²) in [6, 6.07) is 8.07. The third kappa shape index (κ3) is 4.10. The van der Waals surface area contributed by atoms with Gasteiger partial charge in [-0.3, -0.25) is 4.79 Å². The van der Waals surface area contributed by atoms with Crippen LogP contribution in [0, 0.1) is 5.92 Å². The summed E-state index contributed by atoms with van der Waals surface area (Å²) in [5.74, 6) is 0.527. The average Bonchev–Trinajstić information content (AvgIpc) is 3.16. The lowest BCUT2D eigenvalue weighted by atomic mass is 10.1. The van der Waals surface area contributed by atoms with Gasteiger partial charge in [-0.05, 0) is 37.9 Å². The molecule has 5 heteroatoms. The normalized spacial score (nSPS) is 22.3. The number of amides is 1. The van der Waals surface area contributed by atoms with Crippen molar-refractivity contribution in [1.29, 1.82) is 0 Å². The van der Waals surface area contributed by atoms with Crippen molar-refractivity contribution in [2.45, 2.75) is 25.3 Å².